The number of fused-ring (bicyclic) bond motifs is 1. The van der Waals surface area contributed by atoms with E-state index in [0.29, 0.717) is 31.1 Å². The lowest BCUT2D eigenvalue weighted by atomic mass is 10.00. The summed E-state index contributed by atoms with van der Waals surface area (Å²) in [7, 11) is -3.68. The predicted molar refractivity (Wildman–Crippen MR) is 111 cm³/mol. The number of sulfonamides is 1. The zero-order chi connectivity index (χ0) is 19.6. The third-order valence-corrected chi connectivity index (χ3v) is 7.48. The van der Waals surface area contributed by atoms with E-state index in [2.05, 4.69) is 34.5 Å². The van der Waals surface area contributed by atoms with E-state index in [1.807, 2.05) is 6.07 Å². The Balaban J connectivity index is 1.85. The van der Waals surface area contributed by atoms with Crippen LogP contribution in [-0.4, -0.2) is 27.4 Å². The monoisotopic (exact) mass is 456 g/mol. The number of nitrogens with one attached hydrogen (secondary N) is 1. The lowest BCUT2D eigenvalue weighted by Crippen LogP contribution is -2.34. The molecule has 7 heteroatoms. The van der Waals surface area contributed by atoms with Gasteiger partial charge >= 0.3 is 0 Å². The fourth-order valence-electron chi connectivity index (χ4n) is 3.69. The molecule has 1 saturated carbocycles. The zero-order valence-electron chi connectivity index (χ0n) is 16.1. The molecule has 0 aromatic heterocycles. The Hall–Kier alpha value is -0.920. The first-order valence-corrected chi connectivity index (χ1v) is 12.3. The van der Waals surface area contributed by atoms with Crippen molar-refractivity contribution in [1.82, 2.24) is 4.72 Å². The molecule has 1 heterocycles. The third kappa shape index (κ3) is 4.74. The van der Waals surface area contributed by atoms with E-state index in [0.717, 1.165) is 48.6 Å². The molecule has 0 radical (unpaired) electrons. The van der Waals surface area contributed by atoms with E-state index in [4.69, 9.17) is 0 Å². The van der Waals surface area contributed by atoms with Crippen molar-refractivity contribution in [3.63, 3.8) is 0 Å². The van der Waals surface area contributed by atoms with Gasteiger partial charge in [0.05, 0.1) is 5.69 Å². The second kappa shape index (κ2) is 8.62. The predicted octanol–water partition coefficient (Wildman–Crippen LogP) is 4.24. The number of unbranched alkanes of at least 4 members (excludes halogenated alkanes) is 1. The Kier molecular flexibility index (Phi) is 6.64. The molecule has 1 N–H and O–H groups in total. The molecular formula is C20H29BrN2O3S. The van der Waals surface area contributed by atoms with E-state index in [1.165, 1.54) is 0 Å². The molecule has 1 aliphatic carbocycles. The number of benzene rings is 1. The molecule has 150 valence electrons. The summed E-state index contributed by atoms with van der Waals surface area (Å²) in [5.41, 5.74) is 1.51. The maximum atomic E-state index is 13.1. The number of anilines is 1. The van der Waals surface area contributed by atoms with E-state index in [-0.39, 0.29) is 16.7 Å². The van der Waals surface area contributed by atoms with Crippen LogP contribution in [0, 0.1) is 11.8 Å². The SMILES string of the molecule is CCCC[C@@H](CC)CNS(=O)(=O)c1cc(Br)cc2c1N(C(=O)C1CC1)CC2. The van der Waals surface area contributed by atoms with Gasteiger partial charge in [-0.25, -0.2) is 13.1 Å². The molecule has 1 atom stereocenters. The first-order valence-electron chi connectivity index (χ1n) is 10.0. The molecule has 1 amide bonds. The summed E-state index contributed by atoms with van der Waals surface area (Å²) in [5, 5.41) is 0. The second-order valence-corrected chi connectivity index (χ2v) is 10.3. The molecule has 2 aliphatic rings. The number of halogens is 1. The van der Waals surface area contributed by atoms with Gasteiger partial charge in [-0.3, -0.25) is 4.79 Å². The van der Waals surface area contributed by atoms with E-state index in [9.17, 15) is 13.2 Å². The van der Waals surface area contributed by atoms with Crippen molar-refractivity contribution < 1.29 is 13.2 Å². The first-order chi connectivity index (χ1) is 12.9. The first kappa shape index (κ1) is 20.8. The van der Waals surface area contributed by atoms with Crippen molar-refractivity contribution in [1.29, 1.82) is 0 Å². The summed E-state index contributed by atoms with van der Waals surface area (Å²) in [5.74, 6) is 0.479. The Labute approximate surface area is 171 Å². The van der Waals surface area contributed by atoms with Gasteiger partial charge in [-0.1, -0.05) is 49.0 Å². The molecule has 1 aliphatic heterocycles. The maximum Gasteiger partial charge on any atom is 0.242 e. The van der Waals surface area contributed by atoms with Gasteiger partial charge in [0.2, 0.25) is 15.9 Å². The minimum Gasteiger partial charge on any atom is -0.310 e. The average Bonchev–Trinajstić information content (AvgIpc) is 3.40. The van der Waals surface area contributed by atoms with Crippen molar-refractivity contribution in [3.05, 3.63) is 22.2 Å². The molecule has 1 aromatic carbocycles. The van der Waals surface area contributed by atoms with Crippen LogP contribution < -0.4 is 9.62 Å². The van der Waals surface area contributed by atoms with Gasteiger partial charge in [-0.15, -0.1) is 0 Å². The highest BCUT2D eigenvalue weighted by Gasteiger charge is 2.39. The highest BCUT2D eigenvalue weighted by molar-refractivity contribution is 9.10. The highest BCUT2D eigenvalue weighted by Crippen LogP contribution is 2.41. The summed E-state index contributed by atoms with van der Waals surface area (Å²) in [4.78, 5) is 14.6. The van der Waals surface area contributed by atoms with E-state index >= 15 is 0 Å². The molecule has 1 aromatic rings. The summed E-state index contributed by atoms with van der Waals surface area (Å²) in [6, 6.07) is 3.57. The summed E-state index contributed by atoms with van der Waals surface area (Å²) in [6.07, 6.45) is 6.72. The van der Waals surface area contributed by atoms with Crippen molar-refractivity contribution in [3.8, 4) is 0 Å². The van der Waals surface area contributed by atoms with Crippen LogP contribution in [0.15, 0.2) is 21.5 Å². The third-order valence-electron chi connectivity index (χ3n) is 5.58. The summed E-state index contributed by atoms with van der Waals surface area (Å²) in [6.45, 7) is 5.25. The van der Waals surface area contributed by atoms with Crippen molar-refractivity contribution in [2.24, 2.45) is 11.8 Å². The number of carbonyl (C=O) groups is 1. The molecule has 0 saturated heterocycles. The normalized spacial score (nSPS) is 17.8. The number of rotatable bonds is 9. The van der Waals surface area contributed by atoms with Crippen LogP contribution in [-0.2, 0) is 21.2 Å². The lowest BCUT2D eigenvalue weighted by molar-refractivity contribution is -0.119. The van der Waals surface area contributed by atoms with Crippen LogP contribution >= 0.6 is 15.9 Å². The molecule has 5 nitrogen and oxygen atoms in total. The molecular weight excluding hydrogens is 428 g/mol. The van der Waals surface area contributed by atoms with Crippen LogP contribution in [0.25, 0.3) is 0 Å². The van der Waals surface area contributed by atoms with Crippen LogP contribution in [0.2, 0.25) is 0 Å². The van der Waals surface area contributed by atoms with Gasteiger partial charge in [0.1, 0.15) is 4.90 Å². The van der Waals surface area contributed by atoms with Gasteiger partial charge in [0.25, 0.3) is 0 Å². The molecule has 0 unspecified atom stereocenters. The number of hydrogen-bond donors (Lipinski definition) is 1. The minimum atomic E-state index is -3.68. The number of carbonyl (C=O) groups excluding carboxylic acids is 1. The summed E-state index contributed by atoms with van der Waals surface area (Å²) < 4.78 is 29.8. The van der Waals surface area contributed by atoms with Crippen LogP contribution in [0.1, 0.15) is 57.9 Å². The Morgan fingerprint density at radius 1 is 1.33 bits per heavy atom. The van der Waals surface area contributed by atoms with Crippen LogP contribution in [0.4, 0.5) is 5.69 Å². The Morgan fingerprint density at radius 2 is 2.07 bits per heavy atom. The Morgan fingerprint density at radius 3 is 2.70 bits per heavy atom. The van der Waals surface area contributed by atoms with E-state index < -0.39 is 10.0 Å². The van der Waals surface area contributed by atoms with Crippen LogP contribution in [0.5, 0.6) is 0 Å². The fraction of sp³-hybridized carbons (Fsp3) is 0.650. The van der Waals surface area contributed by atoms with Gasteiger partial charge < -0.3 is 4.90 Å². The van der Waals surface area contributed by atoms with Crippen molar-refractivity contribution in [2.45, 2.75) is 63.7 Å². The lowest BCUT2D eigenvalue weighted by Gasteiger charge is -2.22. The van der Waals surface area contributed by atoms with Gasteiger partial charge in [-0.05, 0) is 49.3 Å². The highest BCUT2D eigenvalue weighted by atomic mass is 79.9. The maximum absolute atomic E-state index is 13.1. The summed E-state index contributed by atoms with van der Waals surface area (Å²) >= 11 is 3.44. The Bertz CT molecular complexity index is 806. The molecule has 27 heavy (non-hydrogen) atoms. The smallest absolute Gasteiger partial charge is 0.242 e. The number of nitrogens with zero attached hydrogens (tertiary/aromatic N) is 1. The van der Waals surface area contributed by atoms with Crippen molar-refractivity contribution in [2.75, 3.05) is 18.0 Å². The molecule has 3 rings (SSSR count). The largest absolute Gasteiger partial charge is 0.310 e. The molecule has 0 spiro atoms. The molecule has 1 fully saturated rings. The second-order valence-electron chi connectivity index (χ2n) is 7.69. The number of hydrogen-bond acceptors (Lipinski definition) is 3. The van der Waals surface area contributed by atoms with Gasteiger partial charge in [-0.2, -0.15) is 0 Å². The minimum absolute atomic E-state index is 0.0709. The van der Waals surface area contributed by atoms with Crippen molar-refractivity contribution >= 4 is 37.5 Å². The quantitative estimate of drug-likeness (QED) is 0.603. The standard InChI is InChI=1S/C20H29BrN2O3S/c1-3-5-6-14(4-2)13-22-27(25,26)18-12-17(21)11-16-9-10-23(19(16)18)20(24)15-7-8-15/h11-12,14-15,22H,3-10,13H2,1-2H3/t14-/m1/s1. The number of amides is 1. The van der Waals surface area contributed by atoms with Crippen LogP contribution in [0.3, 0.4) is 0 Å². The zero-order valence-corrected chi connectivity index (χ0v) is 18.5. The van der Waals surface area contributed by atoms with E-state index in [1.54, 1.807) is 11.0 Å². The van der Waals surface area contributed by atoms with Gasteiger partial charge in [0, 0.05) is 23.5 Å². The average molecular weight is 457 g/mol. The fourth-order valence-corrected chi connectivity index (χ4v) is 5.74. The van der Waals surface area contributed by atoms with Gasteiger partial charge in [0.15, 0.2) is 0 Å². The molecule has 0 bridgehead atoms. The topological polar surface area (TPSA) is 66.5 Å².